The fourth-order valence-electron chi connectivity index (χ4n) is 2.36. The molecule has 26 heavy (non-hydrogen) atoms. The predicted molar refractivity (Wildman–Crippen MR) is 109 cm³/mol. The van der Waals surface area contributed by atoms with Gasteiger partial charge in [-0.2, -0.15) is 5.10 Å². The second-order valence-corrected chi connectivity index (χ2v) is 6.47. The molecule has 0 aliphatic heterocycles. The van der Waals surface area contributed by atoms with E-state index in [2.05, 4.69) is 26.5 Å². The number of hydrogen-bond acceptors (Lipinski definition) is 4. The van der Waals surface area contributed by atoms with Crippen molar-refractivity contribution in [3.05, 3.63) is 88.4 Å². The highest BCUT2D eigenvalue weighted by atomic mass is 79.9. The van der Waals surface area contributed by atoms with Crippen molar-refractivity contribution in [2.45, 2.75) is 6.61 Å². The molecule has 0 heterocycles. The van der Waals surface area contributed by atoms with E-state index < -0.39 is 0 Å². The normalized spacial score (nSPS) is 10.7. The second-order valence-electron chi connectivity index (χ2n) is 5.56. The van der Waals surface area contributed by atoms with E-state index in [0.717, 1.165) is 32.8 Å². The first kappa shape index (κ1) is 18.0. The van der Waals surface area contributed by atoms with E-state index in [1.807, 2.05) is 72.8 Å². The van der Waals surface area contributed by atoms with Gasteiger partial charge in [-0.15, -0.1) is 0 Å². The smallest absolute Gasteiger partial charge is 0.128 e. The molecule has 0 aliphatic carbocycles. The van der Waals surface area contributed by atoms with E-state index in [9.17, 15) is 0 Å². The first-order chi connectivity index (χ1) is 12.7. The Morgan fingerprint density at radius 2 is 1.85 bits per heavy atom. The molecule has 0 saturated carbocycles. The Balaban J connectivity index is 1.71. The Kier molecular flexibility index (Phi) is 6.28. The van der Waals surface area contributed by atoms with Crippen LogP contribution in [0.4, 0.5) is 5.69 Å². The van der Waals surface area contributed by atoms with E-state index in [0.29, 0.717) is 6.61 Å². The van der Waals surface area contributed by atoms with Gasteiger partial charge in [0.2, 0.25) is 0 Å². The molecule has 0 aliphatic rings. The van der Waals surface area contributed by atoms with Crippen LogP contribution in [0.1, 0.15) is 11.1 Å². The number of para-hydroxylation sites is 1. The molecule has 0 radical (unpaired) electrons. The summed E-state index contributed by atoms with van der Waals surface area (Å²) in [4.78, 5) is 0. The molecule has 0 atom stereocenters. The third kappa shape index (κ3) is 5.10. The molecule has 3 aromatic rings. The summed E-state index contributed by atoms with van der Waals surface area (Å²) in [6.07, 6.45) is 1.75. The van der Waals surface area contributed by atoms with Crippen LogP contribution in [-0.2, 0) is 6.61 Å². The Bertz CT molecular complexity index is 882. The molecule has 0 fully saturated rings. The lowest BCUT2D eigenvalue weighted by molar-refractivity contribution is 0.304. The number of benzene rings is 3. The number of hydrogen-bond donors (Lipinski definition) is 1. The van der Waals surface area contributed by atoms with E-state index in [1.165, 1.54) is 0 Å². The topological polar surface area (TPSA) is 42.9 Å². The van der Waals surface area contributed by atoms with E-state index in [1.54, 1.807) is 13.3 Å². The van der Waals surface area contributed by atoms with Crippen molar-refractivity contribution in [3.63, 3.8) is 0 Å². The highest BCUT2D eigenvalue weighted by Gasteiger charge is 2.04. The number of anilines is 1. The van der Waals surface area contributed by atoms with Crippen molar-refractivity contribution in [2.75, 3.05) is 12.5 Å². The van der Waals surface area contributed by atoms with Crippen molar-refractivity contribution in [2.24, 2.45) is 5.10 Å². The van der Waals surface area contributed by atoms with Crippen molar-refractivity contribution in [3.8, 4) is 11.5 Å². The molecule has 4 nitrogen and oxygen atoms in total. The minimum absolute atomic E-state index is 0.450. The van der Waals surface area contributed by atoms with E-state index >= 15 is 0 Å². The predicted octanol–water partition coefficient (Wildman–Crippen LogP) is 5.48. The molecule has 132 valence electrons. The van der Waals surface area contributed by atoms with Gasteiger partial charge in [-0.3, -0.25) is 5.43 Å². The molecule has 0 amide bonds. The van der Waals surface area contributed by atoms with Gasteiger partial charge in [-0.25, -0.2) is 0 Å². The number of ether oxygens (including phenoxy) is 2. The zero-order chi connectivity index (χ0) is 18.2. The maximum Gasteiger partial charge on any atom is 0.128 e. The average molecular weight is 411 g/mol. The van der Waals surface area contributed by atoms with Crippen LogP contribution in [0.25, 0.3) is 0 Å². The van der Waals surface area contributed by atoms with E-state index in [-0.39, 0.29) is 0 Å². The molecule has 3 aromatic carbocycles. The minimum Gasteiger partial charge on any atom is -0.497 e. The average Bonchev–Trinajstić information content (AvgIpc) is 2.68. The van der Waals surface area contributed by atoms with Crippen LogP contribution in [0.3, 0.4) is 0 Å². The van der Waals surface area contributed by atoms with Crippen molar-refractivity contribution in [1.82, 2.24) is 0 Å². The van der Waals surface area contributed by atoms with Crippen LogP contribution < -0.4 is 14.9 Å². The van der Waals surface area contributed by atoms with E-state index in [4.69, 9.17) is 9.47 Å². The van der Waals surface area contributed by atoms with Crippen LogP contribution in [0.15, 0.2) is 82.4 Å². The van der Waals surface area contributed by atoms with Crippen molar-refractivity contribution >= 4 is 27.8 Å². The molecule has 1 N–H and O–H groups in total. The first-order valence-electron chi connectivity index (χ1n) is 8.14. The molecule has 0 unspecified atom stereocenters. The molecule has 0 saturated heterocycles. The maximum atomic E-state index is 5.99. The number of rotatable bonds is 7. The number of halogens is 1. The number of nitrogens with one attached hydrogen (secondary N) is 1. The molecule has 3 rings (SSSR count). The molecule has 5 heteroatoms. The SMILES string of the molecule is COc1cccc(COc2ccc(Br)cc2C=NNc2ccccc2)c1. The van der Waals surface area contributed by atoms with Crippen LogP contribution in [0, 0.1) is 0 Å². The van der Waals surface area contributed by atoms with Gasteiger partial charge in [0.15, 0.2) is 0 Å². The Labute approximate surface area is 161 Å². The van der Waals surface area contributed by atoms with Gasteiger partial charge in [-0.05, 0) is 48.0 Å². The summed E-state index contributed by atoms with van der Waals surface area (Å²) in [5.74, 6) is 1.57. The van der Waals surface area contributed by atoms with Gasteiger partial charge >= 0.3 is 0 Å². The van der Waals surface area contributed by atoms with Crippen molar-refractivity contribution < 1.29 is 9.47 Å². The van der Waals surface area contributed by atoms with Crippen LogP contribution >= 0.6 is 15.9 Å². The van der Waals surface area contributed by atoms with Gasteiger partial charge in [0.05, 0.1) is 19.0 Å². The number of nitrogens with zero attached hydrogens (tertiary/aromatic N) is 1. The summed E-state index contributed by atoms with van der Waals surface area (Å²) in [6, 6.07) is 23.5. The summed E-state index contributed by atoms with van der Waals surface area (Å²) < 4.78 is 12.2. The third-order valence-electron chi connectivity index (χ3n) is 3.67. The summed E-state index contributed by atoms with van der Waals surface area (Å²) in [5.41, 5.74) is 5.86. The zero-order valence-corrected chi connectivity index (χ0v) is 15.9. The number of methoxy groups -OCH3 is 1. The quantitative estimate of drug-likeness (QED) is 0.414. The Hall–Kier alpha value is -2.79. The maximum absolute atomic E-state index is 5.99. The van der Waals surface area contributed by atoms with Gasteiger partial charge in [-0.1, -0.05) is 46.3 Å². The monoisotopic (exact) mass is 410 g/mol. The highest BCUT2D eigenvalue weighted by molar-refractivity contribution is 9.10. The van der Waals surface area contributed by atoms with Crippen LogP contribution in [0.5, 0.6) is 11.5 Å². The minimum atomic E-state index is 0.450. The first-order valence-corrected chi connectivity index (χ1v) is 8.93. The summed E-state index contributed by atoms with van der Waals surface area (Å²) in [6.45, 7) is 0.450. The van der Waals surface area contributed by atoms with Crippen LogP contribution in [0.2, 0.25) is 0 Å². The van der Waals surface area contributed by atoms with Crippen molar-refractivity contribution in [1.29, 1.82) is 0 Å². The lowest BCUT2D eigenvalue weighted by Gasteiger charge is -2.10. The summed E-state index contributed by atoms with van der Waals surface area (Å²) in [7, 11) is 1.66. The summed E-state index contributed by atoms with van der Waals surface area (Å²) in [5, 5.41) is 4.30. The Morgan fingerprint density at radius 3 is 2.65 bits per heavy atom. The lowest BCUT2D eigenvalue weighted by atomic mass is 10.2. The fourth-order valence-corrected chi connectivity index (χ4v) is 2.74. The van der Waals surface area contributed by atoms with Crippen LogP contribution in [-0.4, -0.2) is 13.3 Å². The summed E-state index contributed by atoms with van der Waals surface area (Å²) >= 11 is 3.49. The lowest BCUT2D eigenvalue weighted by Crippen LogP contribution is -1.99. The standard InChI is InChI=1S/C21H19BrN2O2/c1-25-20-9-5-6-16(12-20)15-26-21-11-10-18(22)13-17(21)14-23-24-19-7-3-2-4-8-19/h2-14,24H,15H2,1H3. The third-order valence-corrected chi connectivity index (χ3v) is 4.16. The second kappa shape index (κ2) is 9.06. The van der Waals surface area contributed by atoms with Gasteiger partial charge in [0.1, 0.15) is 18.1 Å². The van der Waals surface area contributed by atoms with Gasteiger partial charge in [0.25, 0.3) is 0 Å². The number of hydrazone groups is 1. The highest BCUT2D eigenvalue weighted by Crippen LogP contribution is 2.23. The van der Waals surface area contributed by atoms with Gasteiger partial charge < -0.3 is 9.47 Å². The molecular weight excluding hydrogens is 392 g/mol. The van der Waals surface area contributed by atoms with Gasteiger partial charge in [0, 0.05) is 10.0 Å². The largest absolute Gasteiger partial charge is 0.497 e. The zero-order valence-electron chi connectivity index (χ0n) is 14.4. The molecule has 0 spiro atoms. The molecule has 0 aromatic heterocycles. The Morgan fingerprint density at radius 1 is 1.00 bits per heavy atom. The molecular formula is C21H19BrN2O2. The fraction of sp³-hybridized carbons (Fsp3) is 0.0952. The molecule has 0 bridgehead atoms.